The molecule has 1 rings (SSSR count). The second kappa shape index (κ2) is 10.0. The van der Waals surface area contributed by atoms with Gasteiger partial charge in [0.15, 0.2) is 5.82 Å². The van der Waals surface area contributed by atoms with E-state index in [0.717, 1.165) is 0 Å². The summed E-state index contributed by atoms with van der Waals surface area (Å²) in [5, 5.41) is 0. The summed E-state index contributed by atoms with van der Waals surface area (Å²) >= 11 is 0. The maximum Gasteiger partial charge on any atom is 0.274 e. The van der Waals surface area contributed by atoms with Crippen LogP contribution in [0.4, 0.5) is 5.82 Å². The minimum Gasteiger partial charge on any atom is -0.380 e. The molecule has 1 amide bonds. The summed E-state index contributed by atoms with van der Waals surface area (Å²) in [5.41, 5.74) is 2.63. The molecule has 1 aromatic heterocycles. The number of hydrogen-bond acceptors (Lipinski definition) is 7. The predicted octanol–water partition coefficient (Wildman–Crippen LogP) is 0.277. The van der Waals surface area contributed by atoms with Crippen LogP contribution in [0.5, 0.6) is 0 Å². The Hall–Kier alpha value is -1.77. The zero-order valence-corrected chi connectivity index (χ0v) is 12.5. The number of nitrogens with one attached hydrogen (secondary N) is 1. The van der Waals surface area contributed by atoms with Gasteiger partial charge < -0.3 is 19.8 Å². The number of hydrogen-bond donors (Lipinski definition) is 2. The zero-order chi connectivity index (χ0) is 15.5. The molecule has 8 heteroatoms. The first-order valence-electron chi connectivity index (χ1n) is 6.96. The summed E-state index contributed by atoms with van der Waals surface area (Å²) < 4.78 is 10.6. The zero-order valence-electron chi connectivity index (χ0n) is 12.5. The molecule has 1 aromatic rings. The van der Waals surface area contributed by atoms with Gasteiger partial charge in [-0.3, -0.25) is 4.79 Å². The number of nitrogens with zero attached hydrogens (tertiary/aromatic N) is 3. The first-order valence-corrected chi connectivity index (χ1v) is 6.96. The van der Waals surface area contributed by atoms with Crippen molar-refractivity contribution in [3.63, 3.8) is 0 Å². The lowest BCUT2D eigenvalue weighted by molar-refractivity contribution is 0.0545. The molecular weight excluding hydrogens is 274 g/mol. The van der Waals surface area contributed by atoms with Gasteiger partial charge in [-0.25, -0.2) is 15.8 Å². The van der Waals surface area contributed by atoms with Gasteiger partial charge in [0.1, 0.15) is 5.69 Å². The average Bonchev–Trinajstić information content (AvgIpc) is 2.53. The highest BCUT2D eigenvalue weighted by Gasteiger charge is 2.17. The number of carbonyl (C=O) groups is 1. The molecule has 0 aromatic carbocycles. The van der Waals surface area contributed by atoms with Gasteiger partial charge in [0.2, 0.25) is 0 Å². The second-order valence-corrected chi connectivity index (χ2v) is 4.12. The smallest absolute Gasteiger partial charge is 0.274 e. The largest absolute Gasteiger partial charge is 0.380 e. The van der Waals surface area contributed by atoms with E-state index in [9.17, 15) is 4.79 Å². The van der Waals surface area contributed by atoms with Crippen LogP contribution in [0.15, 0.2) is 12.4 Å². The summed E-state index contributed by atoms with van der Waals surface area (Å²) in [6.07, 6.45) is 2.81. The third-order valence-electron chi connectivity index (χ3n) is 2.73. The van der Waals surface area contributed by atoms with Gasteiger partial charge in [-0.1, -0.05) is 0 Å². The average molecular weight is 297 g/mol. The van der Waals surface area contributed by atoms with Gasteiger partial charge in [-0.15, -0.1) is 0 Å². The summed E-state index contributed by atoms with van der Waals surface area (Å²) in [5.74, 6) is 5.42. The molecule has 0 unspecified atom stereocenters. The molecule has 0 aliphatic rings. The summed E-state index contributed by atoms with van der Waals surface area (Å²) in [6.45, 7) is 6.98. The van der Waals surface area contributed by atoms with Crippen molar-refractivity contribution in [2.24, 2.45) is 5.84 Å². The van der Waals surface area contributed by atoms with Crippen molar-refractivity contribution in [2.75, 3.05) is 44.9 Å². The van der Waals surface area contributed by atoms with Gasteiger partial charge >= 0.3 is 0 Å². The number of anilines is 1. The SMILES string of the molecule is CCOCCN(CCOCC)C(=O)c1cnc(NN)cn1. The quantitative estimate of drug-likeness (QED) is 0.363. The summed E-state index contributed by atoms with van der Waals surface area (Å²) in [6, 6.07) is 0. The van der Waals surface area contributed by atoms with E-state index < -0.39 is 0 Å². The topological polar surface area (TPSA) is 103 Å². The number of aromatic nitrogens is 2. The molecule has 0 radical (unpaired) electrons. The fourth-order valence-corrected chi connectivity index (χ4v) is 1.63. The standard InChI is InChI=1S/C13H23N5O3/c1-3-20-7-5-18(6-8-21-4-2)13(19)11-9-16-12(17-14)10-15-11/h9-10H,3-8,14H2,1-2H3,(H,16,17). The Morgan fingerprint density at radius 3 is 2.24 bits per heavy atom. The first-order chi connectivity index (χ1) is 10.2. The van der Waals surface area contributed by atoms with Crippen LogP contribution in [0.25, 0.3) is 0 Å². The normalized spacial score (nSPS) is 10.4. The van der Waals surface area contributed by atoms with Gasteiger partial charge in [0.05, 0.1) is 25.6 Å². The highest BCUT2D eigenvalue weighted by atomic mass is 16.5. The Labute approximate surface area is 124 Å². The fourth-order valence-electron chi connectivity index (χ4n) is 1.63. The van der Waals surface area contributed by atoms with E-state index in [1.54, 1.807) is 4.90 Å². The van der Waals surface area contributed by atoms with Crippen molar-refractivity contribution in [1.82, 2.24) is 14.9 Å². The van der Waals surface area contributed by atoms with Gasteiger partial charge in [-0.05, 0) is 13.8 Å². The molecule has 1 heterocycles. The van der Waals surface area contributed by atoms with Crippen LogP contribution in [0.1, 0.15) is 24.3 Å². The highest BCUT2D eigenvalue weighted by Crippen LogP contribution is 2.04. The number of nitrogens with two attached hydrogens (primary N) is 1. The van der Waals surface area contributed by atoms with Gasteiger partial charge in [-0.2, -0.15) is 0 Å². The van der Waals surface area contributed by atoms with Crippen LogP contribution in [-0.2, 0) is 9.47 Å². The van der Waals surface area contributed by atoms with Gasteiger partial charge in [0.25, 0.3) is 5.91 Å². The number of carbonyl (C=O) groups excluding carboxylic acids is 1. The molecule has 21 heavy (non-hydrogen) atoms. The van der Waals surface area contributed by atoms with Crippen LogP contribution >= 0.6 is 0 Å². The maximum atomic E-state index is 12.4. The molecule has 0 spiro atoms. The first kappa shape index (κ1) is 17.3. The van der Waals surface area contributed by atoms with Crippen molar-refractivity contribution in [1.29, 1.82) is 0 Å². The minimum absolute atomic E-state index is 0.203. The summed E-state index contributed by atoms with van der Waals surface area (Å²) in [7, 11) is 0. The third-order valence-corrected chi connectivity index (χ3v) is 2.73. The van der Waals surface area contributed by atoms with Crippen molar-refractivity contribution in [3.05, 3.63) is 18.1 Å². The molecule has 0 bridgehead atoms. The number of rotatable bonds is 10. The van der Waals surface area contributed by atoms with Crippen LogP contribution in [0.3, 0.4) is 0 Å². The molecule has 0 atom stereocenters. The van der Waals surface area contributed by atoms with Crippen molar-refractivity contribution in [2.45, 2.75) is 13.8 Å². The molecule has 0 saturated heterocycles. The summed E-state index contributed by atoms with van der Waals surface area (Å²) in [4.78, 5) is 22.1. The minimum atomic E-state index is -0.203. The molecule has 8 nitrogen and oxygen atoms in total. The molecule has 3 N–H and O–H groups in total. The number of ether oxygens (including phenoxy) is 2. The fraction of sp³-hybridized carbons (Fsp3) is 0.615. The molecular formula is C13H23N5O3. The van der Waals surface area contributed by atoms with E-state index in [1.165, 1.54) is 12.4 Å². The molecule has 0 aliphatic carbocycles. The van der Waals surface area contributed by atoms with Crippen molar-refractivity contribution < 1.29 is 14.3 Å². The number of nitrogen functional groups attached to an aromatic ring is 1. The van der Waals surface area contributed by atoms with E-state index in [2.05, 4.69) is 15.4 Å². The Bertz CT molecular complexity index is 403. The van der Waals surface area contributed by atoms with Crippen LogP contribution < -0.4 is 11.3 Å². The predicted molar refractivity (Wildman–Crippen MR) is 78.7 cm³/mol. The number of amides is 1. The number of hydrazine groups is 1. The van der Waals surface area contributed by atoms with E-state index >= 15 is 0 Å². The Kier molecular flexibility index (Phi) is 8.25. The van der Waals surface area contributed by atoms with Crippen molar-refractivity contribution >= 4 is 11.7 Å². The third kappa shape index (κ3) is 6.03. The van der Waals surface area contributed by atoms with Crippen LogP contribution in [0, 0.1) is 0 Å². The highest BCUT2D eigenvalue weighted by molar-refractivity contribution is 5.92. The van der Waals surface area contributed by atoms with Crippen molar-refractivity contribution in [3.8, 4) is 0 Å². The van der Waals surface area contributed by atoms with E-state index in [0.29, 0.717) is 45.3 Å². The molecule has 118 valence electrons. The van der Waals surface area contributed by atoms with E-state index in [4.69, 9.17) is 15.3 Å². The lowest BCUT2D eigenvalue weighted by Gasteiger charge is -2.22. The van der Waals surface area contributed by atoms with E-state index in [1.807, 2.05) is 13.8 Å². The molecule has 0 fully saturated rings. The molecule has 0 aliphatic heterocycles. The lowest BCUT2D eigenvalue weighted by Crippen LogP contribution is -2.37. The van der Waals surface area contributed by atoms with Crippen LogP contribution in [-0.4, -0.2) is 60.3 Å². The van der Waals surface area contributed by atoms with Gasteiger partial charge in [0, 0.05) is 26.3 Å². The Morgan fingerprint density at radius 1 is 1.19 bits per heavy atom. The molecule has 0 saturated carbocycles. The van der Waals surface area contributed by atoms with Crippen LogP contribution in [0.2, 0.25) is 0 Å². The second-order valence-electron chi connectivity index (χ2n) is 4.12. The van der Waals surface area contributed by atoms with E-state index in [-0.39, 0.29) is 11.6 Å². The monoisotopic (exact) mass is 297 g/mol. The Morgan fingerprint density at radius 2 is 1.81 bits per heavy atom. The maximum absolute atomic E-state index is 12.4. The Balaban J connectivity index is 2.66. The lowest BCUT2D eigenvalue weighted by atomic mass is 10.3.